The number of benzene rings is 1. The van der Waals surface area contributed by atoms with Crippen LogP contribution in [-0.4, -0.2) is 44.7 Å². The van der Waals surface area contributed by atoms with E-state index in [-0.39, 0.29) is 0 Å². The molecule has 1 aliphatic rings. The van der Waals surface area contributed by atoms with Crippen LogP contribution >= 0.6 is 0 Å². The van der Waals surface area contributed by atoms with E-state index >= 15 is 0 Å². The van der Waals surface area contributed by atoms with Gasteiger partial charge in [0.1, 0.15) is 5.60 Å². The number of ether oxygens (including phenoxy) is 1. The fourth-order valence-corrected chi connectivity index (χ4v) is 3.49. The van der Waals surface area contributed by atoms with E-state index in [0.29, 0.717) is 12.8 Å². The second-order valence-electron chi connectivity index (χ2n) is 8.11. The highest BCUT2D eigenvalue weighted by Crippen LogP contribution is 2.32. The zero-order chi connectivity index (χ0) is 20.3. The summed E-state index contributed by atoms with van der Waals surface area (Å²) >= 11 is 0. The van der Waals surface area contributed by atoms with E-state index in [1.165, 1.54) is 0 Å². The van der Waals surface area contributed by atoms with Gasteiger partial charge in [-0.15, -0.1) is 0 Å². The molecule has 1 fully saturated rings. The SMILES string of the molecule is CC(C)(C)OC(=O)N1C(=O)[C@H](Cc2cccnc2)[C@@H](O)[C@@H]1Cc1ccccc1. The summed E-state index contributed by atoms with van der Waals surface area (Å²) in [7, 11) is 0. The van der Waals surface area contributed by atoms with Crippen molar-refractivity contribution in [2.45, 2.75) is 51.4 Å². The van der Waals surface area contributed by atoms with E-state index in [0.717, 1.165) is 16.0 Å². The third-order valence-corrected chi connectivity index (χ3v) is 4.75. The number of carbonyl (C=O) groups excluding carboxylic acids is 2. The molecular formula is C22H26N2O4. The molecule has 2 amide bonds. The van der Waals surface area contributed by atoms with Gasteiger partial charge >= 0.3 is 6.09 Å². The minimum atomic E-state index is -0.986. The molecule has 0 unspecified atom stereocenters. The maximum atomic E-state index is 13.1. The van der Waals surface area contributed by atoms with Gasteiger partial charge < -0.3 is 9.84 Å². The van der Waals surface area contributed by atoms with Crippen molar-refractivity contribution in [3.05, 3.63) is 66.0 Å². The van der Waals surface area contributed by atoms with Crippen molar-refractivity contribution in [3.63, 3.8) is 0 Å². The predicted molar refractivity (Wildman–Crippen MR) is 104 cm³/mol. The van der Waals surface area contributed by atoms with Crippen molar-refractivity contribution in [3.8, 4) is 0 Å². The molecule has 0 radical (unpaired) electrons. The predicted octanol–water partition coefficient (Wildman–Crippen LogP) is 2.99. The van der Waals surface area contributed by atoms with Crippen LogP contribution in [0.25, 0.3) is 0 Å². The third-order valence-electron chi connectivity index (χ3n) is 4.75. The average Bonchev–Trinajstić information content (AvgIpc) is 2.86. The Balaban J connectivity index is 1.88. The molecule has 1 saturated heterocycles. The number of likely N-dealkylation sites (tertiary alicyclic amines) is 1. The van der Waals surface area contributed by atoms with Gasteiger partial charge in [-0.2, -0.15) is 0 Å². The van der Waals surface area contributed by atoms with Gasteiger partial charge in [0.2, 0.25) is 5.91 Å². The molecule has 0 saturated carbocycles. The average molecular weight is 382 g/mol. The third kappa shape index (κ3) is 4.57. The molecule has 3 rings (SSSR count). The topological polar surface area (TPSA) is 79.7 Å². The molecule has 1 N–H and O–H groups in total. The second-order valence-corrected chi connectivity index (χ2v) is 8.11. The molecule has 2 heterocycles. The minimum Gasteiger partial charge on any atom is -0.443 e. The number of rotatable bonds is 4. The first-order chi connectivity index (χ1) is 13.3. The summed E-state index contributed by atoms with van der Waals surface area (Å²) in [6.07, 6.45) is 2.31. The molecule has 3 atom stereocenters. The summed E-state index contributed by atoms with van der Waals surface area (Å²) in [5.74, 6) is -1.13. The first kappa shape index (κ1) is 20.0. The van der Waals surface area contributed by atoms with Crippen LogP contribution in [0.5, 0.6) is 0 Å². The van der Waals surface area contributed by atoms with Crippen molar-refractivity contribution in [2.24, 2.45) is 5.92 Å². The standard InChI is InChI=1S/C22H26N2O4/c1-22(2,3)28-21(27)24-18(13-15-8-5-4-6-9-15)19(25)17(20(24)26)12-16-10-7-11-23-14-16/h4-11,14,17-19,25H,12-13H2,1-3H3/t17-,18+,19-/m1/s1. The van der Waals surface area contributed by atoms with Crippen molar-refractivity contribution < 1.29 is 19.4 Å². The van der Waals surface area contributed by atoms with E-state index < -0.39 is 35.7 Å². The molecule has 2 aromatic rings. The first-order valence-electron chi connectivity index (χ1n) is 9.43. The maximum Gasteiger partial charge on any atom is 0.417 e. The van der Waals surface area contributed by atoms with Crippen LogP contribution in [0.3, 0.4) is 0 Å². The zero-order valence-corrected chi connectivity index (χ0v) is 16.4. The summed E-state index contributed by atoms with van der Waals surface area (Å²) in [6.45, 7) is 5.25. The molecule has 1 aliphatic heterocycles. The number of amides is 2. The Morgan fingerprint density at radius 1 is 1.11 bits per heavy atom. The van der Waals surface area contributed by atoms with E-state index in [1.54, 1.807) is 39.2 Å². The molecular weight excluding hydrogens is 356 g/mol. The van der Waals surface area contributed by atoms with Crippen LogP contribution in [0.1, 0.15) is 31.9 Å². The van der Waals surface area contributed by atoms with E-state index in [4.69, 9.17) is 4.74 Å². The van der Waals surface area contributed by atoms with E-state index in [1.807, 2.05) is 36.4 Å². The lowest BCUT2D eigenvalue weighted by Gasteiger charge is -2.28. The summed E-state index contributed by atoms with van der Waals surface area (Å²) in [4.78, 5) is 31.0. The Bertz CT molecular complexity index is 817. The van der Waals surface area contributed by atoms with Crippen LogP contribution in [0, 0.1) is 5.92 Å². The maximum absolute atomic E-state index is 13.1. The highest BCUT2D eigenvalue weighted by Gasteiger charge is 2.51. The molecule has 0 bridgehead atoms. The number of imide groups is 1. The van der Waals surface area contributed by atoms with Gasteiger partial charge in [-0.1, -0.05) is 36.4 Å². The van der Waals surface area contributed by atoms with Gasteiger partial charge in [-0.05, 0) is 50.8 Å². The van der Waals surface area contributed by atoms with Crippen molar-refractivity contribution in [1.82, 2.24) is 9.88 Å². The van der Waals surface area contributed by atoms with Crippen molar-refractivity contribution in [2.75, 3.05) is 0 Å². The molecule has 148 valence electrons. The number of aromatic nitrogens is 1. The zero-order valence-electron chi connectivity index (χ0n) is 16.4. The van der Waals surface area contributed by atoms with Crippen LogP contribution in [0.2, 0.25) is 0 Å². The summed E-state index contributed by atoms with van der Waals surface area (Å²) < 4.78 is 5.45. The molecule has 6 heteroatoms. The molecule has 0 aliphatic carbocycles. The smallest absolute Gasteiger partial charge is 0.417 e. The number of carbonyl (C=O) groups is 2. The molecule has 1 aromatic heterocycles. The Kier molecular flexibility index (Phi) is 5.79. The van der Waals surface area contributed by atoms with Gasteiger partial charge in [0.25, 0.3) is 0 Å². The number of hydrogen-bond acceptors (Lipinski definition) is 5. The molecule has 0 spiro atoms. The van der Waals surface area contributed by atoms with Gasteiger partial charge in [0.15, 0.2) is 0 Å². The second kappa shape index (κ2) is 8.10. The van der Waals surface area contributed by atoms with Gasteiger partial charge in [-0.25, -0.2) is 9.69 Å². The number of nitrogens with zero attached hydrogens (tertiary/aromatic N) is 2. The van der Waals surface area contributed by atoms with Crippen LogP contribution in [-0.2, 0) is 22.4 Å². The highest BCUT2D eigenvalue weighted by atomic mass is 16.6. The summed E-state index contributed by atoms with van der Waals surface area (Å²) in [5.41, 5.74) is 1.04. The monoisotopic (exact) mass is 382 g/mol. The highest BCUT2D eigenvalue weighted by molar-refractivity contribution is 5.96. The first-order valence-corrected chi connectivity index (χ1v) is 9.43. The fourth-order valence-electron chi connectivity index (χ4n) is 3.49. The Labute approximate surface area is 165 Å². The normalized spacial score (nSPS) is 22.4. The molecule has 1 aromatic carbocycles. The van der Waals surface area contributed by atoms with Gasteiger partial charge in [-0.3, -0.25) is 9.78 Å². The van der Waals surface area contributed by atoms with Crippen LogP contribution in [0.15, 0.2) is 54.9 Å². The summed E-state index contributed by atoms with van der Waals surface area (Å²) in [6, 6.07) is 12.5. The van der Waals surface area contributed by atoms with Gasteiger partial charge in [0.05, 0.1) is 18.1 Å². The van der Waals surface area contributed by atoms with Crippen LogP contribution < -0.4 is 0 Å². The molecule has 28 heavy (non-hydrogen) atoms. The number of hydrogen-bond donors (Lipinski definition) is 1. The Morgan fingerprint density at radius 2 is 1.79 bits per heavy atom. The number of aliphatic hydroxyl groups is 1. The lowest BCUT2D eigenvalue weighted by Crippen LogP contribution is -2.45. The van der Waals surface area contributed by atoms with E-state index in [9.17, 15) is 14.7 Å². The number of pyridine rings is 1. The Morgan fingerprint density at radius 3 is 2.39 bits per heavy atom. The molecule has 6 nitrogen and oxygen atoms in total. The fraction of sp³-hybridized carbons (Fsp3) is 0.409. The minimum absolute atomic E-state index is 0.318. The van der Waals surface area contributed by atoms with E-state index in [2.05, 4.69) is 4.98 Å². The quantitative estimate of drug-likeness (QED) is 0.879. The largest absolute Gasteiger partial charge is 0.443 e. The number of aliphatic hydroxyl groups excluding tert-OH is 1. The van der Waals surface area contributed by atoms with Crippen molar-refractivity contribution in [1.29, 1.82) is 0 Å². The Hall–Kier alpha value is -2.73. The van der Waals surface area contributed by atoms with Crippen LogP contribution in [0.4, 0.5) is 4.79 Å². The lowest BCUT2D eigenvalue weighted by atomic mass is 9.92. The summed E-state index contributed by atoms with van der Waals surface area (Å²) in [5, 5.41) is 11.0. The lowest BCUT2D eigenvalue weighted by molar-refractivity contribution is -0.131. The van der Waals surface area contributed by atoms with Crippen molar-refractivity contribution >= 4 is 12.0 Å². The van der Waals surface area contributed by atoms with Gasteiger partial charge in [0, 0.05) is 12.4 Å².